The molecule has 5 rings (SSSR count). The van der Waals surface area contributed by atoms with E-state index in [0.29, 0.717) is 23.0 Å². The molecule has 2 heterocycles. The summed E-state index contributed by atoms with van der Waals surface area (Å²) in [7, 11) is 1.06. The minimum absolute atomic E-state index is 0.191. The van der Waals surface area contributed by atoms with E-state index < -0.39 is 10.0 Å². The molecule has 0 fully saturated rings. The Balaban J connectivity index is 1.65. The Kier molecular flexibility index (Phi) is 5.39. The molecule has 0 saturated heterocycles. The zero-order valence-corrected chi connectivity index (χ0v) is 19.6. The lowest BCUT2D eigenvalue weighted by Gasteiger charge is -2.14. The number of anilines is 2. The molecule has 0 atom stereocenters. The molecule has 1 N–H and O–H groups in total. The van der Waals surface area contributed by atoms with Gasteiger partial charge in [0.25, 0.3) is 0 Å². The fourth-order valence-electron chi connectivity index (χ4n) is 3.68. The molecule has 0 aliphatic rings. The number of benzene rings is 3. The van der Waals surface area contributed by atoms with Crippen LogP contribution in [0.2, 0.25) is 0 Å². The van der Waals surface area contributed by atoms with Crippen LogP contribution in [0, 0.1) is 0 Å². The standard InChI is InChI=1S/C24H22N6O3S/c1-29(2)34(31,32)19-8-6-7-17(15-19)25-22-20-9-4-5-10-21(20)24-27-26-23(30(24)28-22)16-11-13-18(33-3)14-12-16/h4-15H,1-3H3,(H,25,28). The fraction of sp³-hybridized carbons (Fsp3) is 0.125. The molecular formula is C24H22N6O3S. The van der Waals surface area contributed by atoms with Crippen LogP contribution >= 0.6 is 0 Å². The summed E-state index contributed by atoms with van der Waals surface area (Å²) in [6.07, 6.45) is 0. The minimum atomic E-state index is -3.57. The Labute approximate surface area is 196 Å². The molecule has 0 aliphatic heterocycles. The highest BCUT2D eigenvalue weighted by molar-refractivity contribution is 7.89. The van der Waals surface area contributed by atoms with Crippen LogP contribution in [-0.2, 0) is 10.0 Å². The van der Waals surface area contributed by atoms with Gasteiger partial charge in [0.1, 0.15) is 5.75 Å². The van der Waals surface area contributed by atoms with E-state index in [1.165, 1.54) is 18.4 Å². The average Bonchev–Trinajstić information content (AvgIpc) is 3.28. The highest BCUT2D eigenvalue weighted by Crippen LogP contribution is 2.30. The number of methoxy groups -OCH3 is 1. The van der Waals surface area contributed by atoms with E-state index in [9.17, 15) is 8.42 Å². The number of rotatable bonds is 6. The molecule has 3 aromatic carbocycles. The third kappa shape index (κ3) is 3.72. The van der Waals surface area contributed by atoms with E-state index in [2.05, 4.69) is 15.5 Å². The van der Waals surface area contributed by atoms with Crippen molar-refractivity contribution in [3.63, 3.8) is 0 Å². The summed E-state index contributed by atoms with van der Waals surface area (Å²) in [4.78, 5) is 0.191. The van der Waals surface area contributed by atoms with Gasteiger partial charge in [-0.2, -0.15) is 4.52 Å². The Hall–Kier alpha value is -4.02. The number of nitrogens with zero attached hydrogens (tertiary/aromatic N) is 5. The Morgan fingerprint density at radius 1 is 0.912 bits per heavy atom. The maximum absolute atomic E-state index is 12.6. The lowest BCUT2D eigenvalue weighted by molar-refractivity contribution is 0.415. The summed E-state index contributed by atoms with van der Waals surface area (Å²) in [6, 6.07) is 21.9. The minimum Gasteiger partial charge on any atom is -0.497 e. The van der Waals surface area contributed by atoms with Gasteiger partial charge in [-0.3, -0.25) is 0 Å². The average molecular weight is 475 g/mol. The van der Waals surface area contributed by atoms with Gasteiger partial charge in [0.05, 0.1) is 12.0 Å². The van der Waals surface area contributed by atoms with Crippen LogP contribution in [0.15, 0.2) is 77.7 Å². The summed E-state index contributed by atoms with van der Waals surface area (Å²) in [5.41, 5.74) is 2.05. The number of aromatic nitrogens is 4. The summed E-state index contributed by atoms with van der Waals surface area (Å²) in [5.74, 6) is 1.87. The number of ether oxygens (including phenoxy) is 1. The van der Waals surface area contributed by atoms with E-state index in [1.807, 2.05) is 48.5 Å². The quantitative estimate of drug-likeness (QED) is 0.398. The van der Waals surface area contributed by atoms with Crippen molar-refractivity contribution in [3.8, 4) is 17.1 Å². The molecule has 0 spiro atoms. The van der Waals surface area contributed by atoms with Crippen LogP contribution in [-0.4, -0.2) is 53.7 Å². The Bertz CT molecular complexity index is 1610. The van der Waals surface area contributed by atoms with Crippen LogP contribution in [0.1, 0.15) is 0 Å². The topological polar surface area (TPSA) is 102 Å². The first-order chi connectivity index (χ1) is 16.4. The van der Waals surface area contributed by atoms with E-state index in [1.54, 1.807) is 35.9 Å². The molecule has 0 unspecified atom stereocenters. The zero-order chi connectivity index (χ0) is 23.9. The van der Waals surface area contributed by atoms with Crippen molar-refractivity contribution in [2.24, 2.45) is 0 Å². The van der Waals surface area contributed by atoms with Crippen molar-refractivity contribution >= 4 is 37.9 Å². The molecule has 0 bridgehead atoms. The largest absolute Gasteiger partial charge is 0.497 e. The fourth-order valence-corrected chi connectivity index (χ4v) is 4.62. The highest BCUT2D eigenvalue weighted by atomic mass is 32.2. The molecule has 10 heteroatoms. The Morgan fingerprint density at radius 3 is 2.35 bits per heavy atom. The number of nitrogens with one attached hydrogen (secondary N) is 1. The van der Waals surface area contributed by atoms with Gasteiger partial charge in [0.15, 0.2) is 17.3 Å². The van der Waals surface area contributed by atoms with E-state index in [-0.39, 0.29) is 4.90 Å². The van der Waals surface area contributed by atoms with Crippen molar-refractivity contribution in [2.75, 3.05) is 26.5 Å². The van der Waals surface area contributed by atoms with Gasteiger partial charge in [-0.1, -0.05) is 30.3 Å². The zero-order valence-electron chi connectivity index (χ0n) is 18.8. The summed E-state index contributed by atoms with van der Waals surface area (Å²) >= 11 is 0. The van der Waals surface area contributed by atoms with Crippen molar-refractivity contribution in [2.45, 2.75) is 4.90 Å². The third-order valence-corrected chi connectivity index (χ3v) is 7.30. The van der Waals surface area contributed by atoms with E-state index in [4.69, 9.17) is 9.84 Å². The Morgan fingerprint density at radius 2 is 1.65 bits per heavy atom. The second kappa shape index (κ2) is 8.40. The van der Waals surface area contributed by atoms with Crippen molar-refractivity contribution < 1.29 is 13.2 Å². The predicted molar refractivity (Wildman–Crippen MR) is 131 cm³/mol. The molecule has 2 aromatic heterocycles. The van der Waals surface area contributed by atoms with E-state index >= 15 is 0 Å². The highest BCUT2D eigenvalue weighted by Gasteiger charge is 2.19. The third-order valence-electron chi connectivity index (χ3n) is 5.49. The number of fused-ring (bicyclic) bond motifs is 3. The molecule has 0 radical (unpaired) electrons. The van der Waals surface area contributed by atoms with Gasteiger partial charge < -0.3 is 10.1 Å². The van der Waals surface area contributed by atoms with Crippen LogP contribution in [0.3, 0.4) is 0 Å². The van der Waals surface area contributed by atoms with Crippen LogP contribution in [0.5, 0.6) is 5.75 Å². The maximum Gasteiger partial charge on any atom is 0.242 e. The normalized spacial score (nSPS) is 11.9. The predicted octanol–water partition coefficient (Wildman–Crippen LogP) is 3.95. The molecule has 5 aromatic rings. The first kappa shape index (κ1) is 21.8. The summed E-state index contributed by atoms with van der Waals surface area (Å²) in [6.45, 7) is 0. The van der Waals surface area contributed by atoms with Gasteiger partial charge in [0, 0.05) is 36.1 Å². The molecular weight excluding hydrogens is 452 g/mol. The second-order valence-corrected chi connectivity index (χ2v) is 9.97. The van der Waals surface area contributed by atoms with Crippen molar-refractivity contribution in [3.05, 3.63) is 72.8 Å². The van der Waals surface area contributed by atoms with Gasteiger partial charge in [-0.05, 0) is 42.5 Å². The summed E-state index contributed by atoms with van der Waals surface area (Å²) in [5, 5.41) is 18.6. The maximum atomic E-state index is 12.6. The first-order valence-electron chi connectivity index (χ1n) is 10.5. The molecule has 0 amide bonds. The van der Waals surface area contributed by atoms with Crippen LogP contribution in [0.25, 0.3) is 27.8 Å². The molecule has 34 heavy (non-hydrogen) atoms. The second-order valence-electron chi connectivity index (χ2n) is 7.82. The molecule has 172 valence electrons. The monoisotopic (exact) mass is 474 g/mol. The van der Waals surface area contributed by atoms with E-state index in [0.717, 1.165) is 22.1 Å². The van der Waals surface area contributed by atoms with Crippen LogP contribution < -0.4 is 10.1 Å². The first-order valence-corrected chi connectivity index (χ1v) is 11.9. The van der Waals surface area contributed by atoms with Gasteiger partial charge in [-0.15, -0.1) is 15.3 Å². The number of hydrogen-bond donors (Lipinski definition) is 1. The number of hydrogen-bond acceptors (Lipinski definition) is 7. The van der Waals surface area contributed by atoms with Gasteiger partial charge in [0.2, 0.25) is 10.0 Å². The lowest BCUT2D eigenvalue weighted by Crippen LogP contribution is -2.22. The number of sulfonamides is 1. The lowest BCUT2D eigenvalue weighted by atomic mass is 10.1. The smallest absolute Gasteiger partial charge is 0.242 e. The van der Waals surface area contributed by atoms with Crippen molar-refractivity contribution in [1.29, 1.82) is 0 Å². The van der Waals surface area contributed by atoms with Crippen LogP contribution in [0.4, 0.5) is 11.5 Å². The van der Waals surface area contributed by atoms with Gasteiger partial charge >= 0.3 is 0 Å². The van der Waals surface area contributed by atoms with Crippen molar-refractivity contribution in [1.82, 2.24) is 24.1 Å². The SMILES string of the molecule is COc1ccc(-c2nnc3c4ccccc4c(Nc4cccc(S(=O)(=O)N(C)C)c4)nn23)cc1. The van der Waals surface area contributed by atoms with Gasteiger partial charge in [-0.25, -0.2) is 12.7 Å². The molecule has 0 saturated carbocycles. The summed E-state index contributed by atoms with van der Waals surface area (Å²) < 4.78 is 33.3. The molecule has 0 aliphatic carbocycles. The molecule has 9 nitrogen and oxygen atoms in total.